The number of carbonyl (C=O) groups is 2. The van der Waals surface area contributed by atoms with Crippen molar-refractivity contribution in [3.05, 3.63) is 71.9 Å². The molecule has 3 rings (SSSR count). The van der Waals surface area contributed by atoms with E-state index in [2.05, 4.69) is 38.3 Å². The summed E-state index contributed by atoms with van der Waals surface area (Å²) in [5, 5.41) is 10.7. The number of rotatable bonds is 8. The average Bonchev–Trinajstić information content (AvgIpc) is 3.23. The van der Waals surface area contributed by atoms with Gasteiger partial charge in [0.15, 0.2) is 0 Å². The quantitative estimate of drug-likeness (QED) is 0.428. The molecule has 7 nitrogen and oxygen atoms in total. The lowest BCUT2D eigenvalue weighted by molar-refractivity contribution is -0.116. The number of nitrogens with zero attached hydrogens (tertiary/aromatic N) is 3. The van der Waals surface area contributed by atoms with E-state index in [4.69, 9.17) is 5.10 Å². The fourth-order valence-electron chi connectivity index (χ4n) is 3.69. The minimum Gasteiger partial charge on any atom is -0.315 e. The van der Waals surface area contributed by atoms with Crippen molar-refractivity contribution < 1.29 is 9.59 Å². The average molecular weight is 476 g/mol. The molecule has 0 saturated heterocycles. The zero-order valence-corrected chi connectivity index (χ0v) is 21.6. The van der Waals surface area contributed by atoms with E-state index in [-0.39, 0.29) is 29.8 Å². The van der Waals surface area contributed by atoms with Crippen molar-refractivity contribution in [2.75, 3.05) is 23.7 Å². The molecule has 1 aromatic heterocycles. The smallest absolute Gasteiger partial charge is 0.315 e. The van der Waals surface area contributed by atoms with Gasteiger partial charge in [0.05, 0.1) is 11.4 Å². The number of urea groups is 1. The Balaban J connectivity index is 1.79. The summed E-state index contributed by atoms with van der Waals surface area (Å²) in [5.41, 5.74) is 3.39. The molecule has 7 heteroatoms. The van der Waals surface area contributed by atoms with Crippen LogP contribution in [0.25, 0.3) is 5.69 Å². The predicted octanol–water partition coefficient (Wildman–Crippen LogP) is 5.86. The number of para-hydroxylation sites is 1. The van der Waals surface area contributed by atoms with E-state index >= 15 is 0 Å². The Bertz CT molecular complexity index is 1150. The van der Waals surface area contributed by atoms with Crippen LogP contribution in [-0.2, 0) is 16.6 Å². The lowest BCUT2D eigenvalue weighted by Gasteiger charge is -2.24. The van der Waals surface area contributed by atoms with E-state index in [9.17, 15) is 9.59 Å². The number of amides is 3. The van der Waals surface area contributed by atoms with Crippen molar-refractivity contribution in [3.8, 4) is 5.69 Å². The van der Waals surface area contributed by atoms with Crippen LogP contribution in [0.15, 0.2) is 60.7 Å². The van der Waals surface area contributed by atoms with Crippen LogP contribution in [-0.4, -0.2) is 39.7 Å². The second-order valence-electron chi connectivity index (χ2n) is 10.2. The number of benzene rings is 2. The molecule has 35 heavy (non-hydrogen) atoms. The van der Waals surface area contributed by atoms with Gasteiger partial charge in [0.25, 0.3) is 0 Å². The first-order valence-corrected chi connectivity index (χ1v) is 12.2. The molecule has 0 fully saturated rings. The summed E-state index contributed by atoms with van der Waals surface area (Å²) in [6.07, 6.45) is 0.882. The maximum atomic E-state index is 13.1. The third-order valence-corrected chi connectivity index (χ3v) is 5.54. The van der Waals surface area contributed by atoms with Crippen LogP contribution in [0.1, 0.15) is 52.8 Å². The molecular formula is C28H37N5O2. The van der Waals surface area contributed by atoms with Crippen LogP contribution in [0, 0.1) is 5.92 Å². The van der Waals surface area contributed by atoms with Crippen LogP contribution < -0.4 is 10.6 Å². The second-order valence-corrected chi connectivity index (χ2v) is 10.2. The molecule has 0 aliphatic carbocycles. The molecule has 0 bridgehead atoms. The number of anilines is 2. The molecule has 2 N–H and O–H groups in total. The normalized spacial score (nSPS) is 11.4. The van der Waals surface area contributed by atoms with E-state index in [1.165, 1.54) is 0 Å². The third kappa shape index (κ3) is 7.18. The Kier molecular flexibility index (Phi) is 8.33. The molecule has 2 aromatic carbocycles. The summed E-state index contributed by atoms with van der Waals surface area (Å²) in [4.78, 5) is 27.8. The third-order valence-electron chi connectivity index (χ3n) is 5.54. The van der Waals surface area contributed by atoms with E-state index < -0.39 is 0 Å². The number of nitrogens with one attached hydrogen (secondary N) is 2. The van der Waals surface area contributed by atoms with Crippen molar-refractivity contribution in [1.29, 1.82) is 0 Å². The zero-order valence-electron chi connectivity index (χ0n) is 21.6. The van der Waals surface area contributed by atoms with Gasteiger partial charge in [-0.1, -0.05) is 71.9 Å². The van der Waals surface area contributed by atoms with Gasteiger partial charge < -0.3 is 15.5 Å². The Morgan fingerprint density at radius 2 is 1.71 bits per heavy atom. The van der Waals surface area contributed by atoms with E-state index in [0.717, 1.165) is 29.1 Å². The minimum absolute atomic E-state index is 0.0672. The zero-order chi connectivity index (χ0) is 25.6. The Morgan fingerprint density at radius 1 is 1.00 bits per heavy atom. The Hall–Kier alpha value is -3.61. The van der Waals surface area contributed by atoms with Gasteiger partial charge in [-0.25, -0.2) is 9.48 Å². The monoisotopic (exact) mass is 475 g/mol. The van der Waals surface area contributed by atoms with Crippen molar-refractivity contribution in [1.82, 2.24) is 14.7 Å². The van der Waals surface area contributed by atoms with Crippen LogP contribution in [0.2, 0.25) is 0 Å². The van der Waals surface area contributed by atoms with Gasteiger partial charge in [0.1, 0.15) is 12.4 Å². The molecule has 0 atom stereocenters. The summed E-state index contributed by atoms with van der Waals surface area (Å²) in [6.45, 7) is 12.8. The van der Waals surface area contributed by atoms with Gasteiger partial charge in [0.2, 0.25) is 5.91 Å². The topological polar surface area (TPSA) is 79.3 Å². The highest BCUT2D eigenvalue weighted by atomic mass is 16.2. The molecule has 1 heterocycles. The maximum Gasteiger partial charge on any atom is 0.322 e. The van der Waals surface area contributed by atoms with Gasteiger partial charge in [-0.15, -0.1) is 0 Å². The second kappa shape index (κ2) is 11.2. The van der Waals surface area contributed by atoms with E-state index in [0.29, 0.717) is 12.4 Å². The number of aromatic nitrogens is 2. The molecule has 0 aliphatic rings. The fraction of sp³-hybridized carbons (Fsp3) is 0.393. The lowest BCUT2D eigenvalue weighted by atomic mass is 9.92. The molecular weight excluding hydrogens is 438 g/mol. The first kappa shape index (κ1) is 26.0. The van der Waals surface area contributed by atoms with Crippen LogP contribution in [0.5, 0.6) is 0 Å². The SMILES string of the molecule is CCc1cccc(NC(=O)N(CC(=O)Nc2cc(C(C)(C)C)nn2-c2ccccc2)CC(C)C)c1. The molecule has 0 unspecified atom stereocenters. The largest absolute Gasteiger partial charge is 0.322 e. The summed E-state index contributed by atoms with van der Waals surface area (Å²) in [5.74, 6) is 0.505. The molecule has 3 amide bonds. The predicted molar refractivity (Wildman–Crippen MR) is 142 cm³/mol. The van der Waals surface area contributed by atoms with Gasteiger partial charge >= 0.3 is 6.03 Å². The Morgan fingerprint density at radius 3 is 2.34 bits per heavy atom. The van der Waals surface area contributed by atoms with Crippen molar-refractivity contribution in [2.45, 2.75) is 53.4 Å². The minimum atomic E-state index is -0.297. The van der Waals surface area contributed by atoms with Crippen LogP contribution >= 0.6 is 0 Å². The molecule has 3 aromatic rings. The van der Waals surface area contributed by atoms with Crippen LogP contribution in [0.4, 0.5) is 16.3 Å². The molecule has 0 radical (unpaired) electrons. The number of hydrogen-bond donors (Lipinski definition) is 2. The number of hydrogen-bond acceptors (Lipinski definition) is 3. The van der Waals surface area contributed by atoms with Crippen molar-refractivity contribution in [3.63, 3.8) is 0 Å². The fourth-order valence-corrected chi connectivity index (χ4v) is 3.69. The number of aryl methyl sites for hydroxylation is 1. The van der Waals surface area contributed by atoms with Crippen LogP contribution in [0.3, 0.4) is 0 Å². The van der Waals surface area contributed by atoms with Gasteiger partial charge in [-0.3, -0.25) is 4.79 Å². The highest BCUT2D eigenvalue weighted by Gasteiger charge is 2.23. The highest BCUT2D eigenvalue weighted by Crippen LogP contribution is 2.26. The lowest BCUT2D eigenvalue weighted by Crippen LogP contribution is -2.42. The molecule has 186 valence electrons. The summed E-state index contributed by atoms with van der Waals surface area (Å²) < 4.78 is 1.74. The van der Waals surface area contributed by atoms with E-state index in [1.54, 1.807) is 9.58 Å². The number of carbonyl (C=O) groups excluding carboxylic acids is 2. The molecule has 0 aliphatic heterocycles. The summed E-state index contributed by atoms with van der Waals surface area (Å²) in [6, 6.07) is 19.0. The van der Waals surface area contributed by atoms with Gasteiger partial charge in [-0.2, -0.15) is 5.10 Å². The summed E-state index contributed by atoms with van der Waals surface area (Å²) in [7, 11) is 0. The highest BCUT2D eigenvalue weighted by molar-refractivity contribution is 5.96. The van der Waals surface area contributed by atoms with Crippen molar-refractivity contribution >= 4 is 23.4 Å². The maximum absolute atomic E-state index is 13.1. The molecule has 0 saturated carbocycles. The van der Waals surface area contributed by atoms with Crippen molar-refractivity contribution in [2.24, 2.45) is 5.92 Å². The summed E-state index contributed by atoms with van der Waals surface area (Å²) >= 11 is 0. The molecule has 0 spiro atoms. The first-order valence-electron chi connectivity index (χ1n) is 12.2. The van der Waals surface area contributed by atoms with E-state index in [1.807, 2.05) is 74.5 Å². The van der Waals surface area contributed by atoms with Gasteiger partial charge in [-0.05, 0) is 42.2 Å². The first-order chi connectivity index (χ1) is 16.6. The Labute approximate surface area is 208 Å². The van der Waals surface area contributed by atoms with Gasteiger partial charge in [0, 0.05) is 23.7 Å². The standard InChI is InChI=1S/C28H37N5O2/c1-7-21-12-11-13-22(16-21)29-27(35)32(18-20(2)3)19-26(34)30-25-17-24(28(4,5)6)31-33(25)23-14-9-8-10-15-23/h8-17,20H,7,18-19H2,1-6H3,(H,29,35)(H,30,34).